The molecule has 114 valence electrons. The minimum atomic E-state index is -4.48. The largest absolute Gasteiger partial charge is 0.437 e. The number of alkyl halides is 3. The van der Waals surface area contributed by atoms with E-state index < -0.39 is 11.9 Å². The predicted molar refractivity (Wildman–Crippen MR) is 70.0 cm³/mol. The van der Waals surface area contributed by atoms with Crippen LogP contribution in [0.2, 0.25) is 0 Å². The quantitative estimate of drug-likeness (QED) is 0.842. The number of rotatable bonds is 2. The number of oxime groups is 1. The van der Waals surface area contributed by atoms with E-state index in [9.17, 15) is 13.2 Å². The third-order valence-corrected chi connectivity index (χ3v) is 3.84. The third kappa shape index (κ3) is 2.93. The van der Waals surface area contributed by atoms with Crippen LogP contribution < -0.4 is 4.90 Å². The Morgan fingerprint density at radius 3 is 2.48 bits per heavy atom. The van der Waals surface area contributed by atoms with Gasteiger partial charge in [-0.05, 0) is 12.8 Å². The van der Waals surface area contributed by atoms with Crippen molar-refractivity contribution in [1.82, 2.24) is 9.97 Å². The number of anilines is 1. The van der Waals surface area contributed by atoms with Gasteiger partial charge in [-0.3, -0.25) is 0 Å². The normalized spacial score (nSPS) is 20.3. The highest BCUT2D eigenvalue weighted by atomic mass is 19.4. The van der Waals surface area contributed by atoms with Crippen LogP contribution in [0.25, 0.3) is 0 Å². The Bertz CT molecular complexity index is 538. The zero-order chi connectivity index (χ0) is 14.9. The van der Waals surface area contributed by atoms with Crippen molar-refractivity contribution in [1.29, 1.82) is 0 Å². The molecule has 1 saturated heterocycles. The van der Waals surface area contributed by atoms with Gasteiger partial charge in [0.05, 0.1) is 5.71 Å². The SMILES string of the molecule is FC(F)(F)c1nccnc1N1CCC(C2=NOCC2)CC1. The number of piperidine rings is 1. The summed E-state index contributed by atoms with van der Waals surface area (Å²) in [6.45, 7) is 1.65. The minimum Gasteiger partial charge on any atom is -0.395 e. The van der Waals surface area contributed by atoms with E-state index >= 15 is 0 Å². The van der Waals surface area contributed by atoms with E-state index in [4.69, 9.17) is 4.84 Å². The Morgan fingerprint density at radius 2 is 1.86 bits per heavy atom. The predicted octanol–water partition coefficient (Wildman–Crippen LogP) is 2.49. The Balaban J connectivity index is 1.72. The van der Waals surface area contributed by atoms with Gasteiger partial charge >= 0.3 is 6.18 Å². The second-order valence-electron chi connectivity index (χ2n) is 5.15. The van der Waals surface area contributed by atoms with E-state index in [1.54, 1.807) is 4.90 Å². The number of nitrogens with zero attached hydrogens (tertiary/aromatic N) is 4. The van der Waals surface area contributed by atoms with E-state index in [0.717, 1.165) is 31.2 Å². The van der Waals surface area contributed by atoms with Crippen molar-refractivity contribution in [2.75, 3.05) is 24.6 Å². The van der Waals surface area contributed by atoms with Crippen LogP contribution in [0.4, 0.5) is 19.0 Å². The summed E-state index contributed by atoms with van der Waals surface area (Å²) in [4.78, 5) is 14.0. The van der Waals surface area contributed by atoms with E-state index in [0.29, 0.717) is 25.6 Å². The van der Waals surface area contributed by atoms with Crippen molar-refractivity contribution in [2.24, 2.45) is 11.1 Å². The standard InChI is InChI=1S/C13H15F3N4O/c14-13(15,16)11-12(18-5-4-17-11)20-6-1-9(2-7-20)10-3-8-21-19-10/h4-5,9H,1-3,6-8H2. The molecule has 2 aliphatic heterocycles. The summed E-state index contributed by atoms with van der Waals surface area (Å²) >= 11 is 0. The van der Waals surface area contributed by atoms with Gasteiger partial charge in [-0.1, -0.05) is 5.16 Å². The van der Waals surface area contributed by atoms with Gasteiger partial charge in [-0.2, -0.15) is 13.2 Å². The van der Waals surface area contributed by atoms with E-state index in [-0.39, 0.29) is 5.82 Å². The molecule has 3 heterocycles. The first kappa shape index (κ1) is 14.1. The van der Waals surface area contributed by atoms with Gasteiger partial charge in [0.2, 0.25) is 0 Å². The zero-order valence-corrected chi connectivity index (χ0v) is 11.3. The fourth-order valence-corrected chi connectivity index (χ4v) is 2.79. The Hall–Kier alpha value is -1.86. The number of aromatic nitrogens is 2. The van der Waals surface area contributed by atoms with Crippen LogP contribution in [0.3, 0.4) is 0 Å². The summed E-state index contributed by atoms with van der Waals surface area (Å²) in [7, 11) is 0. The average molecular weight is 300 g/mol. The van der Waals surface area contributed by atoms with Crippen LogP contribution in [-0.4, -0.2) is 35.4 Å². The molecule has 0 spiro atoms. The fraction of sp³-hybridized carbons (Fsp3) is 0.615. The molecule has 1 aromatic rings. The molecule has 0 N–H and O–H groups in total. The molecule has 0 unspecified atom stereocenters. The summed E-state index contributed by atoms with van der Waals surface area (Å²) in [6.07, 6.45) is 0.231. The molecule has 0 bridgehead atoms. The van der Waals surface area contributed by atoms with Gasteiger partial charge in [0.1, 0.15) is 6.61 Å². The minimum absolute atomic E-state index is 0.0759. The Labute approximate surface area is 119 Å². The molecule has 0 atom stereocenters. The van der Waals surface area contributed by atoms with E-state index in [2.05, 4.69) is 15.1 Å². The average Bonchev–Trinajstić information content (AvgIpc) is 3.01. The lowest BCUT2D eigenvalue weighted by atomic mass is 9.90. The molecule has 2 aliphatic rings. The van der Waals surface area contributed by atoms with Crippen molar-refractivity contribution >= 4 is 11.5 Å². The number of hydrogen-bond acceptors (Lipinski definition) is 5. The van der Waals surface area contributed by atoms with Crippen LogP contribution in [0.1, 0.15) is 25.0 Å². The molecule has 21 heavy (non-hydrogen) atoms. The van der Waals surface area contributed by atoms with Crippen LogP contribution in [0, 0.1) is 5.92 Å². The highest BCUT2D eigenvalue weighted by Gasteiger charge is 2.38. The maximum atomic E-state index is 13.0. The molecule has 1 aromatic heterocycles. The maximum Gasteiger partial charge on any atom is 0.437 e. The number of halogens is 3. The van der Waals surface area contributed by atoms with Gasteiger partial charge in [0, 0.05) is 37.8 Å². The molecule has 1 fully saturated rings. The Morgan fingerprint density at radius 1 is 1.14 bits per heavy atom. The lowest BCUT2D eigenvalue weighted by Gasteiger charge is -2.33. The molecule has 8 heteroatoms. The van der Waals surface area contributed by atoms with Crippen LogP contribution in [0.15, 0.2) is 17.5 Å². The lowest BCUT2D eigenvalue weighted by Crippen LogP contribution is -2.38. The van der Waals surface area contributed by atoms with Gasteiger partial charge in [-0.15, -0.1) is 0 Å². The summed E-state index contributed by atoms with van der Waals surface area (Å²) in [6, 6.07) is 0. The van der Waals surface area contributed by atoms with Gasteiger partial charge in [0.15, 0.2) is 11.5 Å². The smallest absolute Gasteiger partial charge is 0.395 e. The second-order valence-corrected chi connectivity index (χ2v) is 5.15. The van der Waals surface area contributed by atoms with Crippen LogP contribution in [0.5, 0.6) is 0 Å². The second kappa shape index (κ2) is 5.50. The van der Waals surface area contributed by atoms with Gasteiger partial charge < -0.3 is 9.74 Å². The molecular formula is C13H15F3N4O. The highest BCUT2D eigenvalue weighted by Crippen LogP contribution is 2.35. The first-order chi connectivity index (χ1) is 10.1. The van der Waals surface area contributed by atoms with Crippen molar-refractivity contribution in [2.45, 2.75) is 25.4 Å². The maximum absolute atomic E-state index is 13.0. The molecule has 0 aromatic carbocycles. The first-order valence-corrected chi connectivity index (χ1v) is 6.87. The molecule has 0 radical (unpaired) electrons. The summed E-state index contributed by atoms with van der Waals surface area (Å²) in [5.74, 6) is 0.225. The molecular weight excluding hydrogens is 285 g/mol. The molecule has 0 saturated carbocycles. The molecule has 5 nitrogen and oxygen atoms in total. The van der Waals surface area contributed by atoms with Crippen molar-refractivity contribution in [3.8, 4) is 0 Å². The topological polar surface area (TPSA) is 50.6 Å². The Kier molecular flexibility index (Phi) is 3.69. The fourth-order valence-electron chi connectivity index (χ4n) is 2.79. The van der Waals surface area contributed by atoms with Crippen LogP contribution >= 0.6 is 0 Å². The van der Waals surface area contributed by atoms with Gasteiger partial charge in [-0.25, -0.2) is 9.97 Å². The van der Waals surface area contributed by atoms with Gasteiger partial charge in [0.25, 0.3) is 0 Å². The van der Waals surface area contributed by atoms with Crippen molar-refractivity contribution in [3.63, 3.8) is 0 Å². The summed E-state index contributed by atoms with van der Waals surface area (Å²) in [5.41, 5.74) is 0.120. The van der Waals surface area contributed by atoms with E-state index in [1.807, 2.05) is 0 Å². The lowest BCUT2D eigenvalue weighted by molar-refractivity contribution is -0.140. The monoisotopic (exact) mass is 300 g/mol. The van der Waals surface area contributed by atoms with Crippen molar-refractivity contribution < 1.29 is 18.0 Å². The highest BCUT2D eigenvalue weighted by molar-refractivity contribution is 5.87. The van der Waals surface area contributed by atoms with Crippen LogP contribution in [-0.2, 0) is 11.0 Å². The van der Waals surface area contributed by atoms with E-state index in [1.165, 1.54) is 6.20 Å². The summed E-state index contributed by atoms with van der Waals surface area (Å²) < 4.78 is 38.9. The molecule has 3 rings (SSSR count). The first-order valence-electron chi connectivity index (χ1n) is 6.87. The number of hydrogen-bond donors (Lipinski definition) is 0. The molecule has 0 amide bonds. The third-order valence-electron chi connectivity index (χ3n) is 3.84. The summed E-state index contributed by atoms with van der Waals surface area (Å²) in [5, 5.41) is 4.00. The molecule has 0 aliphatic carbocycles. The van der Waals surface area contributed by atoms with Crippen molar-refractivity contribution in [3.05, 3.63) is 18.1 Å². The zero-order valence-electron chi connectivity index (χ0n) is 11.3.